The van der Waals surface area contributed by atoms with Crippen LogP contribution in [-0.4, -0.2) is 0 Å². The van der Waals surface area contributed by atoms with Crippen LogP contribution in [0.15, 0.2) is 42.0 Å². The maximum absolute atomic E-state index is 2.37. The molecule has 0 bridgehead atoms. The zero-order chi connectivity index (χ0) is 13.2. The molecule has 2 rings (SSSR count). The normalized spacial score (nSPS) is 15.6. The molecule has 0 amide bonds. The first-order valence-electron chi connectivity index (χ1n) is 7.01. The van der Waals surface area contributed by atoms with Gasteiger partial charge in [-0.25, -0.2) is 0 Å². The van der Waals surface area contributed by atoms with E-state index in [4.69, 9.17) is 0 Å². The van der Waals surface area contributed by atoms with Gasteiger partial charge in [-0.2, -0.15) is 0 Å². The van der Waals surface area contributed by atoms with Crippen molar-refractivity contribution in [1.82, 2.24) is 0 Å². The molecule has 1 aliphatic rings. The molecule has 1 aliphatic carbocycles. The number of rotatable bonds is 3. The van der Waals surface area contributed by atoms with Gasteiger partial charge in [0.1, 0.15) is 0 Å². The average Bonchev–Trinajstić information content (AvgIpc) is 2.79. The molecular weight excluding hydrogens is 216 g/mol. The molecule has 0 unspecified atom stereocenters. The third kappa shape index (κ3) is 2.93. The molecule has 0 aliphatic heterocycles. The van der Waals surface area contributed by atoms with Crippen molar-refractivity contribution in [2.75, 3.05) is 0 Å². The third-order valence-corrected chi connectivity index (χ3v) is 3.66. The molecule has 0 nitrogen and oxygen atoms in total. The number of aryl methyl sites for hydroxylation is 1. The Labute approximate surface area is 111 Å². The van der Waals surface area contributed by atoms with Crippen LogP contribution in [0.1, 0.15) is 51.7 Å². The van der Waals surface area contributed by atoms with Gasteiger partial charge in [0.05, 0.1) is 0 Å². The Hall–Kier alpha value is -1.30. The highest BCUT2D eigenvalue weighted by atomic mass is 14.2. The molecule has 0 saturated heterocycles. The van der Waals surface area contributed by atoms with E-state index in [0.29, 0.717) is 5.41 Å². The van der Waals surface area contributed by atoms with Crippen LogP contribution >= 0.6 is 0 Å². The highest BCUT2D eigenvalue weighted by Crippen LogP contribution is 2.36. The van der Waals surface area contributed by atoms with Crippen LogP contribution in [0.3, 0.4) is 0 Å². The standard InChI is InChI=1S/C18H24/c1-5-6-14-7-9-15(10-8-14)16-11-12-17(13-16)18(2,3)4/h7-11,13H,5-6,12H2,1-4H3. The minimum atomic E-state index is 0.292. The van der Waals surface area contributed by atoms with E-state index in [2.05, 4.69) is 64.1 Å². The van der Waals surface area contributed by atoms with Crippen LogP contribution < -0.4 is 0 Å². The fourth-order valence-corrected chi connectivity index (χ4v) is 2.40. The van der Waals surface area contributed by atoms with E-state index in [1.807, 2.05) is 0 Å². The molecule has 0 N–H and O–H groups in total. The molecule has 0 saturated carbocycles. The van der Waals surface area contributed by atoms with Gasteiger partial charge in [0.15, 0.2) is 0 Å². The van der Waals surface area contributed by atoms with Crippen LogP contribution in [0.2, 0.25) is 0 Å². The maximum Gasteiger partial charge on any atom is -0.0121 e. The molecular formula is C18H24. The van der Waals surface area contributed by atoms with Crippen molar-refractivity contribution in [3.63, 3.8) is 0 Å². The summed E-state index contributed by atoms with van der Waals surface area (Å²) in [6.45, 7) is 9.10. The topological polar surface area (TPSA) is 0 Å². The van der Waals surface area contributed by atoms with Gasteiger partial charge in [-0.05, 0) is 35.0 Å². The van der Waals surface area contributed by atoms with Crippen molar-refractivity contribution >= 4 is 5.57 Å². The SMILES string of the molecule is CCCc1ccc(C2=CCC(C(C)(C)C)=C2)cc1. The van der Waals surface area contributed by atoms with Crippen molar-refractivity contribution in [2.45, 2.75) is 47.0 Å². The third-order valence-electron chi connectivity index (χ3n) is 3.66. The van der Waals surface area contributed by atoms with Crippen molar-refractivity contribution in [3.8, 4) is 0 Å². The van der Waals surface area contributed by atoms with Crippen LogP contribution in [0.4, 0.5) is 0 Å². The lowest BCUT2D eigenvalue weighted by Gasteiger charge is -2.19. The summed E-state index contributed by atoms with van der Waals surface area (Å²) in [5, 5.41) is 0. The molecule has 0 atom stereocenters. The fraction of sp³-hybridized carbons (Fsp3) is 0.444. The monoisotopic (exact) mass is 240 g/mol. The van der Waals surface area contributed by atoms with Crippen LogP contribution in [-0.2, 0) is 6.42 Å². The second-order valence-corrected chi connectivity index (χ2v) is 6.23. The Bertz CT molecular complexity index is 464. The predicted octanol–water partition coefficient (Wildman–Crippen LogP) is 5.40. The van der Waals surface area contributed by atoms with Gasteiger partial charge in [-0.1, -0.05) is 76.1 Å². The van der Waals surface area contributed by atoms with E-state index in [9.17, 15) is 0 Å². The van der Waals surface area contributed by atoms with Gasteiger partial charge in [0, 0.05) is 0 Å². The predicted molar refractivity (Wildman–Crippen MR) is 80.6 cm³/mol. The van der Waals surface area contributed by atoms with Gasteiger partial charge >= 0.3 is 0 Å². The molecule has 0 heteroatoms. The summed E-state index contributed by atoms with van der Waals surface area (Å²) in [7, 11) is 0. The summed E-state index contributed by atoms with van der Waals surface area (Å²) in [6.07, 6.45) is 8.23. The number of hydrogen-bond donors (Lipinski definition) is 0. The largest absolute Gasteiger partial charge is 0.0726 e. The van der Waals surface area contributed by atoms with E-state index < -0.39 is 0 Å². The second-order valence-electron chi connectivity index (χ2n) is 6.23. The van der Waals surface area contributed by atoms with E-state index in [0.717, 1.165) is 6.42 Å². The quantitative estimate of drug-likeness (QED) is 0.663. The summed E-state index contributed by atoms with van der Waals surface area (Å²) in [4.78, 5) is 0. The van der Waals surface area contributed by atoms with Crippen LogP contribution in [0.25, 0.3) is 5.57 Å². The van der Waals surface area contributed by atoms with Gasteiger partial charge in [0.25, 0.3) is 0 Å². The first-order valence-corrected chi connectivity index (χ1v) is 7.01. The summed E-state index contributed by atoms with van der Waals surface area (Å²) < 4.78 is 0. The van der Waals surface area contributed by atoms with Gasteiger partial charge in [-0.3, -0.25) is 0 Å². The van der Waals surface area contributed by atoms with Crippen molar-refractivity contribution in [1.29, 1.82) is 0 Å². The summed E-state index contributed by atoms with van der Waals surface area (Å²) in [5.74, 6) is 0. The molecule has 1 aromatic rings. The lowest BCUT2D eigenvalue weighted by Crippen LogP contribution is -2.07. The van der Waals surface area contributed by atoms with E-state index in [1.54, 1.807) is 0 Å². The summed E-state index contributed by atoms with van der Waals surface area (Å²) in [5.41, 5.74) is 6.02. The lowest BCUT2D eigenvalue weighted by molar-refractivity contribution is 0.496. The molecule has 0 spiro atoms. The van der Waals surface area contributed by atoms with Crippen LogP contribution in [0, 0.1) is 5.41 Å². The Kier molecular flexibility index (Phi) is 3.75. The smallest absolute Gasteiger partial charge is 0.0121 e. The minimum Gasteiger partial charge on any atom is -0.0726 e. The molecule has 0 fully saturated rings. The summed E-state index contributed by atoms with van der Waals surface area (Å²) in [6, 6.07) is 9.06. The number of hydrogen-bond acceptors (Lipinski definition) is 0. The number of benzene rings is 1. The highest BCUT2D eigenvalue weighted by Gasteiger charge is 2.20. The van der Waals surface area contributed by atoms with Crippen molar-refractivity contribution in [3.05, 3.63) is 53.1 Å². The van der Waals surface area contributed by atoms with E-state index in [-0.39, 0.29) is 0 Å². The Morgan fingerprint density at radius 1 is 1.06 bits per heavy atom. The first-order chi connectivity index (χ1) is 8.50. The Morgan fingerprint density at radius 3 is 2.22 bits per heavy atom. The maximum atomic E-state index is 2.37. The fourth-order valence-electron chi connectivity index (χ4n) is 2.40. The number of allylic oxidation sites excluding steroid dienone is 4. The Balaban J connectivity index is 2.16. The lowest BCUT2D eigenvalue weighted by atomic mass is 9.86. The van der Waals surface area contributed by atoms with Crippen molar-refractivity contribution in [2.24, 2.45) is 5.41 Å². The molecule has 0 heterocycles. The molecule has 0 radical (unpaired) electrons. The molecule has 1 aromatic carbocycles. The first kappa shape index (κ1) is 13.1. The van der Waals surface area contributed by atoms with Gasteiger partial charge in [0.2, 0.25) is 0 Å². The van der Waals surface area contributed by atoms with Gasteiger partial charge < -0.3 is 0 Å². The molecule has 18 heavy (non-hydrogen) atoms. The molecule has 96 valence electrons. The summed E-state index contributed by atoms with van der Waals surface area (Å²) >= 11 is 0. The Morgan fingerprint density at radius 2 is 1.72 bits per heavy atom. The van der Waals surface area contributed by atoms with Crippen LogP contribution in [0.5, 0.6) is 0 Å². The zero-order valence-corrected chi connectivity index (χ0v) is 12.1. The minimum absolute atomic E-state index is 0.292. The zero-order valence-electron chi connectivity index (χ0n) is 12.1. The van der Waals surface area contributed by atoms with Gasteiger partial charge in [-0.15, -0.1) is 0 Å². The average molecular weight is 240 g/mol. The van der Waals surface area contributed by atoms with E-state index in [1.165, 1.54) is 35.1 Å². The molecule has 0 aromatic heterocycles. The highest BCUT2D eigenvalue weighted by molar-refractivity contribution is 5.77. The second kappa shape index (κ2) is 5.14. The van der Waals surface area contributed by atoms with E-state index >= 15 is 0 Å². The van der Waals surface area contributed by atoms with Crippen molar-refractivity contribution < 1.29 is 0 Å².